The summed E-state index contributed by atoms with van der Waals surface area (Å²) in [5.74, 6) is 1.29. The molecule has 1 aliphatic heterocycles. The molecule has 4 nitrogen and oxygen atoms in total. The van der Waals surface area contributed by atoms with Crippen LogP contribution in [0.3, 0.4) is 0 Å². The van der Waals surface area contributed by atoms with Crippen molar-refractivity contribution in [2.45, 2.75) is 18.8 Å². The molecule has 0 amide bonds. The van der Waals surface area contributed by atoms with Crippen LogP contribution in [-0.2, 0) is 5.88 Å². The highest BCUT2D eigenvalue weighted by Crippen LogP contribution is 2.15. The Hall–Kier alpha value is -0.870. The second-order valence-corrected chi connectivity index (χ2v) is 4.60. The Morgan fingerprint density at radius 1 is 1.38 bits per heavy atom. The number of aromatic nitrogens is 2. The zero-order valence-electron chi connectivity index (χ0n) is 9.73. The fraction of sp³-hybridized carbons (Fsp3) is 0.636. The third kappa shape index (κ3) is 2.44. The minimum Gasteiger partial charge on any atom is -0.336 e. The van der Waals surface area contributed by atoms with E-state index in [1.807, 2.05) is 0 Å². The normalized spacial score (nSPS) is 22.4. The van der Waals surface area contributed by atoms with Crippen LogP contribution in [0, 0.1) is 0 Å². The zero-order valence-corrected chi connectivity index (χ0v) is 10.5. The molecule has 2 heterocycles. The first kappa shape index (κ1) is 11.6. The van der Waals surface area contributed by atoms with Crippen molar-refractivity contribution in [2.24, 2.45) is 0 Å². The third-order valence-electron chi connectivity index (χ3n) is 2.93. The third-order valence-corrected chi connectivity index (χ3v) is 3.24. The molecule has 0 aromatic carbocycles. The van der Waals surface area contributed by atoms with Gasteiger partial charge in [-0.05, 0) is 14.0 Å². The van der Waals surface area contributed by atoms with E-state index in [2.05, 4.69) is 33.7 Å². The number of nitrogens with zero attached hydrogens (tertiary/aromatic N) is 4. The second kappa shape index (κ2) is 4.97. The Kier molecular flexibility index (Phi) is 3.61. The smallest absolute Gasteiger partial charge is 0.225 e. The molecule has 16 heavy (non-hydrogen) atoms. The Morgan fingerprint density at radius 3 is 2.62 bits per heavy atom. The summed E-state index contributed by atoms with van der Waals surface area (Å²) in [6.07, 6.45) is 3.61. The minimum atomic E-state index is 0.459. The van der Waals surface area contributed by atoms with E-state index in [0.717, 1.165) is 31.1 Å². The van der Waals surface area contributed by atoms with Gasteiger partial charge in [0.2, 0.25) is 5.95 Å². The molecule has 0 spiro atoms. The van der Waals surface area contributed by atoms with Crippen molar-refractivity contribution in [3.63, 3.8) is 0 Å². The van der Waals surface area contributed by atoms with Crippen molar-refractivity contribution in [3.05, 3.63) is 18.0 Å². The summed E-state index contributed by atoms with van der Waals surface area (Å²) in [7, 11) is 2.14. The molecule has 1 atom stereocenters. The predicted molar refractivity (Wildman–Crippen MR) is 65.9 cm³/mol. The second-order valence-electron chi connectivity index (χ2n) is 4.33. The maximum Gasteiger partial charge on any atom is 0.225 e. The molecule has 2 rings (SSSR count). The monoisotopic (exact) mass is 240 g/mol. The highest BCUT2D eigenvalue weighted by atomic mass is 35.5. The summed E-state index contributed by atoms with van der Waals surface area (Å²) >= 11 is 5.71. The molecule has 1 fully saturated rings. The van der Waals surface area contributed by atoms with Gasteiger partial charge in [-0.25, -0.2) is 9.97 Å². The molecule has 1 aromatic rings. The molecule has 0 saturated carbocycles. The van der Waals surface area contributed by atoms with Gasteiger partial charge in [0.15, 0.2) is 0 Å². The van der Waals surface area contributed by atoms with E-state index < -0.39 is 0 Å². The molecule has 0 radical (unpaired) electrons. The van der Waals surface area contributed by atoms with Crippen molar-refractivity contribution >= 4 is 17.5 Å². The number of halogens is 1. The van der Waals surface area contributed by atoms with Gasteiger partial charge in [0.1, 0.15) is 0 Å². The van der Waals surface area contributed by atoms with Gasteiger partial charge >= 0.3 is 0 Å². The van der Waals surface area contributed by atoms with Crippen molar-refractivity contribution in [1.82, 2.24) is 14.9 Å². The summed E-state index contributed by atoms with van der Waals surface area (Å²) in [4.78, 5) is 13.3. The van der Waals surface area contributed by atoms with Crippen LogP contribution < -0.4 is 4.90 Å². The van der Waals surface area contributed by atoms with Crippen molar-refractivity contribution < 1.29 is 0 Å². The first-order valence-electron chi connectivity index (χ1n) is 5.53. The number of piperazine rings is 1. The maximum atomic E-state index is 5.71. The van der Waals surface area contributed by atoms with E-state index in [1.165, 1.54) is 0 Å². The fourth-order valence-corrected chi connectivity index (χ4v) is 2.14. The maximum absolute atomic E-state index is 5.71. The number of likely N-dealkylation sites (N-methyl/N-ethyl adjacent to an activating group) is 1. The van der Waals surface area contributed by atoms with E-state index in [4.69, 9.17) is 11.6 Å². The van der Waals surface area contributed by atoms with Gasteiger partial charge in [-0.3, -0.25) is 0 Å². The van der Waals surface area contributed by atoms with E-state index in [-0.39, 0.29) is 0 Å². The van der Waals surface area contributed by atoms with E-state index >= 15 is 0 Å². The van der Waals surface area contributed by atoms with Gasteiger partial charge in [-0.15, -0.1) is 11.6 Å². The van der Waals surface area contributed by atoms with Crippen LogP contribution in [0.15, 0.2) is 12.4 Å². The Morgan fingerprint density at radius 2 is 2.06 bits per heavy atom. The van der Waals surface area contributed by atoms with Gasteiger partial charge in [-0.1, -0.05) is 0 Å². The standard InChI is InChI=1S/C11H17ClN4/c1-9-8-15(2)3-4-16(9)11-13-6-10(5-12)7-14-11/h6-7,9H,3-5,8H2,1-2H3. The van der Waals surface area contributed by atoms with E-state index in [9.17, 15) is 0 Å². The summed E-state index contributed by atoms with van der Waals surface area (Å²) in [5.41, 5.74) is 0.965. The number of hydrogen-bond donors (Lipinski definition) is 0. The number of rotatable bonds is 2. The lowest BCUT2D eigenvalue weighted by atomic mass is 10.2. The first-order valence-corrected chi connectivity index (χ1v) is 6.06. The van der Waals surface area contributed by atoms with Gasteiger partial charge in [0, 0.05) is 43.6 Å². The summed E-state index contributed by atoms with van der Waals surface area (Å²) in [5, 5.41) is 0. The largest absolute Gasteiger partial charge is 0.336 e. The average Bonchev–Trinajstić information content (AvgIpc) is 2.29. The molecule has 1 aromatic heterocycles. The average molecular weight is 241 g/mol. The molecule has 1 aliphatic rings. The quantitative estimate of drug-likeness (QED) is 0.731. The molecule has 88 valence electrons. The topological polar surface area (TPSA) is 32.3 Å². The molecule has 0 bridgehead atoms. The predicted octanol–water partition coefficient (Wildman–Crippen LogP) is 1.36. The number of hydrogen-bond acceptors (Lipinski definition) is 4. The Bertz CT molecular complexity index is 340. The molecule has 0 N–H and O–H groups in total. The van der Waals surface area contributed by atoms with Crippen LogP contribution in [0.5, 0.6) is 0 Å². The lowest BCUT2D eigenvalue weighted by Gasteiger charge is -2.38. The molecule has 1 saturated heterocycles. The number of alkyl halides is 1. The lowest BCUT2D eigenvalue weighted by molar-refractivity contribution is 0.273. The summed E-state index contributed by atoms with van der Waals surface area (Å²) in [6.45, 7) is 5.30. The van der Waals surface area contributed by atoms with Crippen LogP contribution in [0.1, 0.15) is 12.5 Å². The van der Waals surface area contributed by atoms with Crippen LogP contribution in [0.25, 0.3) is 0 Å². The SMILES string of the molecule is CC1CN(C)CCN1c1ncc(CCl)cn1. The van der Waals surface area contributed by atoms with Crippen molar-refractivity contribution in [2.75, 3.05) is 31.6 Å². The van der Waals surface area contributed by atoms with Crippen LogP contribution in [0.2, 0.25) is 0 Å². The molecular weight excluding hydrogens is 224 g/mol. The van der Waals surface area contributed by atoms with Gasteiger partial charge in [-0.2, -0.15) is 0 Å². The summed E-state index contributed by atoms with van der Waals surface area (Å²) < 4.78 is 0. The van der Waals surface area contributed by atoms with Gasteiger partial charge in [0.25, 0.3) is 0 Å². The van der Waals surface area contributed by atoms with Gasteiger partial charge in [0.05, 0.1) is 5.88 Å². The molecular formula is C11H17ClN4. The molecule has 0 aliphatic carbocycles. The Labute approximate surface area is 101 Å². The highest BCUT2D eigenvalue weighted by Gasteiger charge is 2.23. The van der Waals surface area contributed by atoms with E-state index in [1.54, 1.807) is 12.4 Å². The lowest BCUT2D eigenvalue weighted by Crippen LogP contribution is -2.51. The summed E-state index contributed by atoms with van der Waals surface area (Å²) in [6, 6.07) is 0.459. The fourth-order valence-electron chi connectivity index (χ4n) is 2.00. The van der Waals surface area contributed by atoms with Crippen molar-refractivity contribution in [1.29, 1.82) is 0 Å². The first-order chi connectivity index (χ1) is 7.70. The van der Waals surface area contributed by atoms with E-state index in [0.29, 0.717) is 11.9 Å². The highest BCUT2D eigenvalue weighted by molar-refractivity contribution is 6.17. The minimum absolute atomic E-state index is 0.459. The van der Waals surface area contributed by atoms with Crippen molar-refractivity contribution in [3.8, 4) is 0 Å². The Balaban J connectivity index is 2.11. The van der Waals surface area contributed by atoms with Gasteiger partial charge < -0.3 is 9.80 Å². The molecule has 5 heteroatoms. The van der Waals surface area contributed by atoms with Crippen LogP contribution in [0.4, 0.5) is 5.95 Å². The zero-order chi connectivity index (χ0) is 11.5. The van der Waals surface area contributed by atoms with Crippen LogP contribution in [-0.4, -0.2) is 47.6 Å². The number of anilines is 1. The van der Waals surface area contributed by atoms with Crippen LogP contribution >= 0.6 is 11.6 Å². The molecule has 1 unspecified atom stereocenters.